The van der Waals surface area contributed by atoms with Crippen molar-refractivity contribution in [2.24, 2.45) is 0 Å². The molecule has 1 fully saturated rings. The molecule has 0 unspecified atom stereocenters. The van der Waals surface area contributed by atoms with E-state index in [1.165, 1.54) is 6.20 Å². The van der Waals surface area contributed by atoms with Gasteiger partial charge in [0.1, 0.15) is 11.4 Å². The number of fused-ring (bicyclic) bond motifs is 1. The first kappa shape index (κ1) is 22.1. The Bertz CT molecular complexity index is 1170. The number of hydrogen-bond acceptors (Lipinski definition) is 5. The molecule has 3 aromatic rings. The van der Waals surface area contributed by atoms with Crippen LogP contribution in [0.2, 0.25) is 5.02 Å². The van der Waals surface area contributed by atoms with Gasteiger partial charge in [-0.2, -0.15) is 9.61 Å². The standard InChI is InChI=1S/C23H27ClN6O2/c1-5-29-13-14(10-20(29)31)18-11-19(28-23(2,3)4)30-21(27-18)17(12-25-30)22(32)26-16-8-6-15(24)7-9-16/h6-9,11-12,14,28H,5,10,13H2,1-4H3,(H,26,32)/t14-/m0/s1. The fourth-order valence-corrected chi connectivity index (χ4v) is 3.96. The average molecular weight is 455 g/mol. The zero-order chi connectivity index (χ0) is 23.0. The average Bonchev–Trinajstić information content (AvgIpc) is 3.32. The highest BCUT2D eigenvalue weighted by molar-refractivity contribution is 6.30. The lowest BCUT2D eigenvalue weighted by molar-refractivity contribution is -0.127. The Morgan fingerprint density at radius 1 is 1.25 bits per heavy atom. The summed E-state index contributed by atoms with van der Waals surface area (Å²) in [5, 5.41) is 11.3. The van der Waals surface area contributed by atoms with Gasteiger partial charge in [0.2, 0.25) is 5.91 Å². The first-order chi connectivity index (χ1) is 15.1. The van der Waals surface area contributed by atoms with Gasteiger partial charge in [-0.15, -0.1) is 0 Å². The Morgan fingerprint density at radius 2 is 1.97 bits per heavy atom. The molecule has 0 radical (unpaired) electrons. The Labute approximate surface area is 192 Å². The molecule has 0 spiro atoms. The second-order valence-corrected chi connectivity index (χ2v) is 9.47. The topological polar surface area (TPSA) is 91.6 Å². The summed E-state index contributed by atoms with van der Waals surface area (Å²) in [6, 6.07) is 8.84. The van der Waals surface area contributed by atoms with Crippen molar-refractivity contribution in [1.29, 1.82) is 0 Å². The number of likely N-dealkylation sites (tertiary alicyclic amines) is 1. The minimum atomic E-state index is -0.314. The number of aromatic nitrogens is 3. The summed E-state index contributed by atoms with van der Waals surface area (Å²) in [6.45, 7) is 9.41. The maximum atomic E-state index is 13.0. The van der Waals surface area contributed by atoms with E-state index in [1.54, 1.807) is 28.8 Å². The van der Waals surface area contributed by atoms with Crippen molar-refractivity contribution < 1.29 is 9.59 Å². The van der Waals surface area contributed by atoms with E-state index in [1.807, 2.05) is 17.9 Å². The van der Waals surface area contributed by atoms with Crippen LogP contribution in [0.5, 0.6) is 0 Å². The SMILES string of the molecule is CCN1C[C@@H](c2cc(NC(C)(C)C)n3ncc(C(=O)Nc4ccc(Cl)cc4)c3n2)CC1=O. The van der Waals surface area contributed by atoms with E-state index in [-0.39, 0.29) is 23.3 Å². The minimum absolute atomic E-state index is 0.0324. The third-order valence-electron chi connectivity index (χ3n) is 5.36. The van der Waals surface area contributed by atoms with Crippen LogP contribution >= 0.6 is 11.6 Å². The van der Waals surface area contributed by atoms with Crippen LogP contribution in [0.3, 0.4) is 0 Å². The highest BCUT2D eigenvalue weighted by atomic mass is 35.5. The summed E-state index contributed by atoms with van der Waals surface area (Å²) in [6.07, 6.45) is 1.93. The number of amides is 2. The number of halogens is 1. The molecule has 0 saturated carbocycles. The molecule has 2 aromatic heterocycles. The van der Waals surface area contributed by atoms with Gasteiger partial charge < -0.3 is 15.5 Å². The number of carbonyl (C=O) groups is 2. The summed E-state index contributed by atoms with van der Waals surface area (Å²) in [5.41, 5.74) is 1.97. The minimum Gasteiger partial charge on any atom is -0.365 e. The first-order valence-electron chi connectivity index (χ1n) is 10.7. The van der Waals surface area contributed by atoms with E-state index in [9.17, 15) is 9.59 Å². The van der Waals surface area contributed by atoms with Crippen molar-refractivity contribution in [1.82, 2.24) is 19.5 Å². The van der Waals surface area contributed by atoms with Crippen LogP contribution in [-0.2, 0) is 4.79 Å². The fraction of sp³-hybridized carbons (Fsp3) is 0.391. The third kappa shape index (κ3) is 4.55. The summed E-state index contributed by atoms with van der Waals surface area (Å²) in [7, 11) is 0. The summed E-state index contributed by atoms with van der Waals surface area (Å²) in [5.74, 6) is 0.505. The lowest BCUT2D eigenvalue weighted by Crippen LogP contribution is -2.28. The highest BCUT2D eigenvalue weighted by Gasteiger charge is 2.32. The monoisotopic (exact) mass is 454 g/mol. The number of likely N-dealkylation sites (N-methyl/N-ethyl adjacent to an activating group) is 1. The molecule has 1 aliphatic rings. The van der Waals surface area contributed by atoms with Gasteiger partial charge in [0, 0.05) is 47.7 Å². The predicted molar refractivity (Wildman–Crippen MR) is 125 cm³/mol. The second kappa shape index (κ2) is 8.43. The number of hydrogen-bond donors (Lipinski definition) is 2. The number of benzene rings is 1. The fourth-order valence-electron chi connectivity index (χ4n) is 3.83. The molecule has 8 nitrogen and oxygen atoms in total. The van der Waals surface area contributed by atoms with E-state index in [0.717, 1.165) is 11.5 Å². The third-order valence-corrected chi connectivity index (χ3v) is 5.61. The zero-order valence-corrected chi connectivity index (χ0v) is 19.4. The van der Waals surface area contributed by atoms with Gasteiger partial charge in [0.05, 0.1) is 11.9 Å². The Hall–Kier alpha value is -3.13. The smallest absolute Gasteiger partial charge is 0.261 e. The van der Waals surface area contributed by atoms with Crippen LogP contribution in [0.1, 0.15) is 56.1 Å². The van der Waals surface area contributed by atoms with E-state index in [4.69, 9.17) is 16.6 Å². The Morgan fingerprint density at radius 3 is 2.59 bits per heavy atom. The predicted octanol–water partition coefficient (Wildman–Crippen LogP) is 4.18. The van der Waals surface area contributed by atoms with Gasteiger partial charge in [-0.3, -0.25) is 9.59 Å². The molecule has 0 bridgehead atoms. The number of rotatable bonds is 5. The van der Waals surface area contributed by atoms with Crippen molar-refractivity contribution >= 4 is 40.6 Å². The molecule has 2 N–H and O–H groups in total. The quantitative estimate of drug-likeness (QED) is 0.603. The molecule has 1 aromatic carbocycles. The number of nitrogens with zero attached hydrogens (tertiary/aromatic N) is 4. The van der Waals surface area contributed by atoms with Gasteiger partial charge in [-0.25, -0.2) is 4.98 Å². The van der Waals surface area contributed by atoms with Crippen molar-refractivity contribution in [2.45, 2.75) is 45.6 Å². The molecule has 1 aliphatic heterocycles. The van der Waals surface area contributed by atoms with E-state index in [2.05, 4.69) is 36.5 Å². The normalized spacial score (nSPS) is 16.6. The molecule has 1 saturated heterocycles. The first-order valence-corrected chi connectivity index (χ1v) is 11.0. The molecule has 2 amide bonds. The molecular weight excluding hydrogens is 428 g/mol. The van der Waals surface area contributed by atoms with E-state index < -0.39 is 0 Å². The van der Waals surface area contributed by atoms with Gasteiger partial charge in [-0.1, -0.05) is 11.6 Å². The lowest BCUT2D eigenvalue weighted by atomic mass is 10.0. The van der Waals surface area contributed by atoms with Gasteiger partial charge >= 0.3 is 0 Å². The maximum Gasteiger partial charge on any atom is 0.261 e. The number of anilines is 2. The summed E-state index contributed by atoms with van der Waals surface area (Å²) < 4.78 is 1.64. The highest BCUT2D eigenvalue weighted by Crippen LogP contribution is 2.30. The summed E-state index contributed by atoms with van der Waals surface area (Å²) >= 11 is 5.94. The van der Waals surface area contributed by atoms with Crippen molar-refractivity contribution in [2.75, 3.05) is 23.7 Å². The van der Waals surface area contributed by atoms with Crippen LogP contribution in [0.4, 0.5) is 11.5 Å². The maximum absolute atomic E-state index is 13.0. The molecule has 32 heavy (non-hydrogen) atoms. The lowest BCUT2D eigenvalue weighted by Gasteiger charge is -2.23. The number of carbonyl (C=O) groups excluding carboxylic acids is 2. The van der Waals surface area contributed by atoms with Crippen LogP contribution in [0.15, 0.2) is 36.5 Å². The van der Waals surface area contributed by atoms with Crippen LogP contribution in [0.25, 0.3) is 5.65 Å². The molecule has 168 valence electrons. The Balaban J connectivity index is 1.74. The molecular formula is C23H27ClN6O2. The van der Waals surface area contributed by atoms with Gasteiger partial charge in [0.25, 0.3) is 5.91 Å². The van der Waals surface area contributed by atoms with Crippen LogP contribution in [0, 0.1) is 0 Å². The largest absolute Gasteiger partial charge is 0.365 e. The second-order valence-electron chi connectivity index (χ2n) is 9.03. The zero-order valence-electron chi connectivity index (χ0n) is 18.6. The van der Waals surface area contributed by atoms with E-state index >= 15 is 0 Å². The van der Waals surface area contributed by atoms with Gasteiger partial charge in [0.15, 0.2) is 5.65 Å². The van der Waals surface area contributed by atoms with Crippen molar-refractivity contribution in [3.63, 3.8) is 0 Å². The van der Waals surface area contributed by atoms with Crippen LogP contribution in [-0.4, -0.2) is 49.9 Å². The van der Waals surface area contributed by atoms with Crippen LogP contribution < -0.4 is 10.6 Å². The summed E-state index contributed by atoms with van der Waals surface area (Å²) in [4.78, 5) is 32.0. The number of nitrogens with one attached hydrogen (secondary N) is 2. The molecule has 4 rings (SSSR count). The molecule has 1 atom stereocenters. The van der Waals surface area contributed by atoms with Gasteiger partial charge in [-0.05, 0) is 52.0 Å². The van der Waals surface area contributed by atoms with E-state index in [0.29, 0.717) is 41.4 Å². The van der Waals surface area contributed by atoms with Crippen molar-refractivity contribution in [3.05, 3.63) is 52.8 Å². The molecule has 0 aliphatic carbocycles. The molecule has 3 heterocycles. The Kier molecular flexibility index (Phi) is 5.81. The molecule has 9 heteroatoms. The van der Waals surface area contributed by atoms with Crippen molar-refractivity contribution in [3.8, 4) is 0 Å².